The first kappa shape index (κ1) is 13.9. The molecule has 1 saturated heterocycles. The van der Waals surface area contributed by atoms with Crippen LogP contribution in [0.4, 0.5) is 4.39 Å². The molecule has 3 atom stereocenters. The Kier molecular flexibility index (Phi) is 4.37. The van der Waals surface area contributed by atoms with Crippen LogP contribution in [0.3, 0.4) is 0 Å². The fraction of sp³-hybridized carbons (Fsp3) is 0.538. The summed E-state index contributed by atoms with van der Waals surface area (Å²) in [7, 11) is 0. The molecule has 1 aromatic rings. The Morgan fingerprint density at radius 3 is 2.72 bits per heavy atom. The molecule has 5 heteroatoms. The van der Waals surface area contributed by atoms with Crippen molar-refractivity contribution in [3.8, 4) is 0 Å². The molecule has 0 bridgehead atoms. The molecule has 3 nitrogen and oxygen atoms in total. The van der Waals surface area contributed by atoms with Gasteiger partial charge in [0.1, 0.15) is 5.82 Å². The first-order valence-electron chi connectivity index (χ1n) is 6.20. The molecule has 0 radical (unpaired) electrons. The molecule has 0 amide bonds. The molecule has 1 aliphatic rings. The number of nitrogens with one attached hydrogen (secondary N) is 2. The standard InChI is InChI=1S/C13H19BrFN3/c1-7(2)5-10-12(17-18-13(10)16)9-4-3-8(14)6-11(9)15/h3-4,6-7,10,12-13,17-18H,5,16H2,1-2H3. The van der Waals surface area contributed by atoms with E-state index in [2.05, 4.69) is 40.6 Å². The van der Waals surface area contributed by atoms with Crippen molar-refractivity contribution in [1.29, 1.82) is 0 Å². The van der Waals surface area contributed by atoms with Crippen LogP contribution in [0.2, 0.25) is 0 Å². The van der Waals surface area contributed by atoms with E-state index in [0.29, 0.717) is 11.5 Å². The Bertz CT molecular complexity index is 425. The second-order valence-electron chi connectivity index (χ2n) is 5.25. The highest BCUT2D eigenvalue weighted by Crippen LogP contribution is 2.33. The largest absolute Gasteiger partial charge is 0.315 e. The first-order chi connectivity index (χ1) is 8.49. The molecular weight excluding hydrogens is 297 g/mol. The minimum atomic E-state index is -0.202. The predicted molar refractivity (Wildman–Crippen MR) is 74.0 cm³/mol. The number of nitrogens with two attached hydrogens (primary N) is 1. The molecule has 18 heavy (non-hydrogen) atoms. The first-order valence-corrected chi connectivity index (χ1v) is 7.00. The minimum Gasteiger partial charge on any atom is -0.315 e. The van der Waals surface area contributed by atoms with Crippen LogP contribution in [0.15, 0.2) is 22.7 Å². The monoisotopic (exact) mass is 315 g/mol. The quantitative estimate of drug-likeness (QED) is 0.804. The Labute approximate surface area is 115 Å². The van der Waals surface area contributed by atoms with E-state index in [1.165, 1.54) is 6.07 Å². The van der Waals surface area contributed by atoms with E-state index in [1.54, 1.807) is 0 Å². The van der Waals surface area contributed by atoms with Gasteiger partial charge in [-0.1, -0.05) is 35.8 Å². The van der Waals surface area contributed by atoms with Crippen molar-refractivity contribution in [2.75, 3.05) is 0 Å². The van der Waals surface area contributed by atoms with Gasteiger partial charge in [0.2, 0.25) is 0 Å². The topological polar surface area (TPSA) is 50.1 Å². The lowest BCUT2D eigenvalue weighted by molar-refractivity contribution is 0.339. The van der Waals surface area contributed by atoms with Crippen LogP contribution in [-0.2, 0) is 0 Å². The average Bonchev–Trinajstić information content (AvgIpc) is 2.60. The molecule has 3 unspecified atom stereocenters. The molecule has 2 rings (SSSR count). The van der Waals surface area contributed by atoms with Crippen molar-refractivity contribution in [2.45, 2.75) is 32.5 Å². The highest BCUT2D eigenvalue weighted by Gasteiger charge is 2.36. The van der Waals surface area contributed by atoms with Gasteiger partial charge in [-0.3, -0.25) is 0 Å². The summed E-state index contributed by atoms with van der Waals surface area (Å²) in [5.41, 5.74) is 12.8. The van der Waals surface area contributed by atoms with E-state index in [1.807, 2.05) is 12.1 Å². The Morgan fingerprint density at radius 1 is 1.39 bits per heavy atom. The molecule has 1 aliphatic heterocycles. The fourth-order valence-corrected chi connectivity index (χ4v) is 2.83. The third-order valence-electron chi connectivity index (χ3n) is 3.34. The van der Waals surface area contributed by atoms with Crippen LogP contribution in [0.1, 0.15) is 31.9 Å². The molecule has 0 spiro atoms. The zero-order valence-corrected chi connectivity index (χ0v) is 12.2. The van der Waals surface area contributed by atoms with Crippen molar-refractivity contribution in [2.24, 2.45) is 17.6 Å². The van der Waals surface area contributed by atoms with Crippen molar-refractivity contribution < 1.29 is 4.39 Å². The van der Waals surface area contributed by atoms with Gasteiger partial charge in [0, 0.05) is 16.0 Å². The molecule has 4 N–H and O–H groups in total. The lowest BCUT2D eigenvalue weighted by Gasteiger charge is -2.23. The van der Waals surface area contributed by atoms with Crippen molar-refractivity contribution in [3.05, 3.63) is 34.1 Å². The van der Waals surface area contributed by atoms with E-state index in [4.69, 9.17) is 5.73 Å². The summed E-state index contributed by atoms with van der Waals surface area (Å²) in [6, 6.07) is 5.09. The van der Waals surface area contributed by atoms with Crippen LogP contribution in [0, 0.1) is 17.7 Å². The summed E-state index contributed by atoms with van der Waals surface area (Å²) >= 11 is 3.27. The maximum absolute atomic E-state index is 14.0. The maximum Gasteiger partial charge on any atom is 0.129 e. The SMILES string of the molecule is CC(C)CC1C(N)NNC1c1ccc(Br)cc1F. The smallest absolute Gasteiger partial charge is 0.129 e. The number of hydrogen-bond donors (Lipinski definition) is 3. The van der Waals surface area contributed by atoms with E-state index in [9.17, 15) is 4.39 Å². The summed E-state index contributed by atoms with van der Waals surface area (Å²) in [4.78, 5) is 0. The van der Waals surface area contributed by atoms with Gasteiger partial charge < -0.3 is 5.73 Å². The number of halogens is 2. The summed E-state index contributed by atoms with van der Waals surface area (Å²) in [5, 5.41) is 0. The number of hydrogen-bond acceptors (Lipinski definition) is 3. The van der Waals surface area contributed by atoms with Crippen molar-refractivity contribution in [1.82, 2.24) is 10.9 Å². The van der Waals surface area contributed by atoms with Crippen molar-refractivity contribution in [3.63, 3.8) is 0 Å². The predicted octanol–water partition coefficient (Wildman–Crippen LogP) is 2.68. The highest BCUT2D eigenvalue weighted by atomic mass is 79.9. The van der Waals surface area contributed by atoms with E-state index in [0.717, 1.165) is 10.9 Å². The van der Waals surface area contributed by atoms with E-state index in [-0.39, 0.29) is 23.9 Å². The Morgan fingerprint density at radius 2 is 2.11 bits per heavy atom. The second-order valence-corrected chi connectivity index (χ2v) is 6.17. The average molecular weight is 316 g/mol. The molecule has 0 aliphatic carbocycles. The van der Waals surface area contributed by atoms with Crippen LogP contribution >= 0.6 is 15.9 Å². The van der Waals surface area contributed by atoms with Gasteiger partial charge in [0.15, 0.2) is 0 Å². The molecule has 0 saturated carbocycles. The summed E-state index contributed by atoms with van der Waals surface area (Å²) in [5.74, 6) is 0.524. The third-order valence-corrected chi connectivity index (χ3v) is 3.83. The van der Waals surface area contributed by atoms with Gasteiger partial charge in [-0.05, 0) is 24.5 Å². The van der Waals surface area contributed by atoms with E-state index >= 15 is 0 Å². The molecule has 100 valence electrons. The van der Waals surface area contributed by atoms with Gasteiger partial charge in [-0.15, -0.1) is 0 Å². The van der Waals surface area contributed by atoms with Gasteiger partial charge in [-0.2, -0.15) is 0 Å². The van der Waals surface area contributed by atoms with Crippen LogP contribution in [-0.4, -0.2) is 6.17 Å². The number of hydrazine groups is 1. The normalized spacial score (nSPS) is 28.0. The van der Waals surface area contributed by atoms with Gasteiger partial charge in [0.25, 0.3) is 0 Å². The summed E-state index contributed by atoms with van der Waals surface area (Å²) < 4.78 is 14.8. The Hall–Kier alpha value is -0.490. The number of benzene rings is 1. The zero-order chi connectivity index (χ0) is 13.3. The van der Waals surface area contributed by atoms with Gasteiger partial charge in [-0.25, -0.2) is 15.2 Å². The molecular formula is C13H19BrFN3. The third kappa shape index (κ3) is 2.91. The highest BCUT2D eigenvalue weighted by molar-refractivity contribution is 9.10. The van der Waals surface area contributed by atoms with Crippen LogP contribution in [0.5, 0.6) is 0 Å². The van der Waals surface area contributed by atoms with Crippen LogP contribution in [0.25, 0.3) is 0 Å². The lowest BCUT2D eigenvalue weighted by Crippen LogP contribution is -2.39. The summed E-state index contributed by atoms with van der Waals surface area (Å²) in [6.45, 7) is 4.31. The summed E-state index contributed by atoms with van der Waals surface area (Å²) in [6.07, 6.45) is 0.821. The van der Waals surface area contributed by atoms with Gasteiger partial charge >= 0.3 is 0 Å². The second kappa shape index (κ2) is 5.65. The van der Waals surface area contributed by atoms with Gasteiger partial charge in [0.05, 0.1) is 12.2 Å². The molecule has 1 heterocycles. The maximum atomic E-state index is 14.0. The Balaban J connectivity index is 2.25. The van der Waals surface area contributed by atoms with Crippen LogP contribution < -0.4 is 16.6 Å². The molecule has 0 aromatic heterocycles. The zero-order valence-electron chi connectivity index (χ0n) is 10.6. The molecule has 1 aromatic carbocycles. The molecule has 1 fully saturated rings. The number of rotatable bonds is 3. The fourth-order valence-electron chi connectivity index (χ4n) is 2.50. The van der Waals surface area contributed by atoms with Crippen molar-refractivity contribution >= 4 is 15.9 Å². The minimum absolute atomic E-state index is 0.0736. The van der Waals surface area contributed by atoms with E-state index < -0.39 is 0 Å². The lowest BCUT2D eigenvalue weighted by atomic mass is 9.86.